The van der Waals surface area contributed by atoms with Gasteiger partial charge in [0.2, 0.25) is 0 Å². The molecule has 0 fully saturated rings. The number of aromatic nitrogens is 2. The van der Waals surface area contributed by atoms with Gasteiger partial charge in [-0.2, -0.15) is 0 Å². The van der Waals surface area contributed by atoms with Crippen molar-refractivity contribution in [1.82, 2.24) is 9.97 Å². The Morgan fingerprint density at radius 2 is 1.23 bits per heavy atom. The largest absolute Gasteiger partial charge is 0.496 e. The Labute approximate surface area is 197 Å². The van der Waals surface area contributed by atoms with Crippen LogP contribution in [0.15, 0.2) is 69.6 Å². The number of aromatic amines is 1. The maximum absolute atomic E-state index is 5.64. The number of rotatable bonds is 6. The van der Waals surface area contributed by atoms with Crippen molar-refractivity contribution in [2.24, 2.45) is 0 Å². The fraction of sp³-hybridized carbons (Fsp3) is 0.125. The van der Waals surface area contributed by atoms with Crippen LogP contribution in [0.5, 0.6) is 17.2 Å². The fourth-order valence-corrected chi connectivity index (χ4v) is 3.90. The van der Waals surface area contributed by atoms with Crippen molar-refractivity contribution < 1.29 is 14.2 Å². The zero-order valence-corrected chi connectivity index (χ0v) is 20.4. The van der Waals surface area contributed by atoms with Crippen LogP contribution < -0.4 is 14.2 Å². The van der Waals surface area contributed by atoms with Gasteiger partial charge in [-0.15, -0.1) is 0 Å². The Morgan fingerprint density at radius 1 is 0.710 bits per heavy atom. The first-order valence-corrected chi connectivity index (χ1v) is 11.0. The number of benzene rings is 3. The number of halogens is 2. The second-order valence-electron chi connectivity index (χ2n) is 6.73. The second kappa shape index (κ2) is 9.16. The van der Waals surface area contributed by atoms with Crippen LogP contribution in [0.2, 0.25) is 0 Å². The molecule has 0 saturated carbocycles. The summed E-state index contributed by atoms with van der Waals surface area (Å²) < 4.78 is 18.7. The zero-order valence-electron chi connectivity index (χ0n) is 17.2. The molecule has 4 rings (SSSR count). The minimum atomic E-state index is 0.606. The van der Waals surface area contributed by atoms with Crippen molar-refractivity contribution in [3.63, 3.8) is 0 Å². The minimum Gasteiger partial charge on any atom is -0.496 e. The lowest BCUT2D eigenvalue weighted by Gasteiger charge is -2.13. The van der Waals surface area contributed by atoms with Crippen LogP contribution >= 0.6 is 31.9 Å². The summed E-state index contributed by atoms with van der Waals surface area (Å²) in [4.78, 5) is 8.46. The SMILES string of the molecule is COc1cc(OC)c(-c2nc(-c3ccc(Br)cc3)c(-c3ccc(Br)cc3)[nH]2)c(OC)c1. The van der Waals surface area contributed by atoms with Crippen molar-refractivity contribution in [2.75, 3.05) is 21.3 Å². The first kappa shape index (κ1) is 21.5. The van der Waals surface area contributed by atoms with Gasteiger partial charge in [-0.25, -0.2) is 4.98 Å². The van der Waals surface area contributed by atoms with E-state index in [1.165, 1.54) is 0 Å². The normalized spacial score (nSPS) is 10.7. The Balaban J connectivity index is 1.96. The van der Waals surface area contributed by atoms with Crippen LogP contribution in [0.4, 0.5) is 0 Å². The van der Waals surface area contributed by atoms with Gasteiger partial charge in [-0.1, -0.05) is 56.1 Å². The molecule has 3 aromatic carbocycles. The Kier molecular flexibility index (Phi) is 6.34. The van der Waals surface area contributed by atoms with Crippen LogP contribution in [0.25, 0.3) is 33.9 Å². The minimum absolute atomic E-state index is 0.606. The summed E-state index contributed by atoms with van der Waals surface area (Å²) in [5.41, 5.74) is 4.49. The van der Waals surface area contributed by atoms with E-state index in [9.17, 15) is 0 Å². The van der Waals surface area contributed by atoms with E-state index >= 15 is 0 Å². The molecule has 1 aromatic heterocycles. The third kappa shape index (κ3) is 4.34. The monoisotopic (exact) mass is 542 g/mol. The molecule has 0 amide bonds. The molecule has 4 aromatic rings. The predicted octanol–water partition coefficient (Wildman–Crippen LogP) is 6.96. The van der Waals surface area contributed by atoms with Gasteiger partial charge in [0, 0.05) is 32.2 Å². The van der Waals surface area contributed by atoms with Crippen LogP contribution in [0.1, 0.15) is 0 Å². The van der Waals surface area contributed by atoms with E-state index < -0.39 is 0 Å². The van der Waals surface area contributed by atoms with Gasteiger partial charge in [0.1, 0.15) is 28.6 Å². The van der Waals surface area contributed by atoms with Gasteiger partial charge >= 0.3 is 0 Å². The molecule has 31 heavy (non-hydrogen) atoms. The molecule has 0 atom stereocenters. The average molecular weight is 544 g/mol. The molecule has 0 spiro atoms. The predicted molar refractivity (Wildman–Crippen MR) is 130 cm³/mol. The number of nitrogens with one attached hydrogen (secondary N) is 1. The van der Waals surface area contributed by atoms with Crippen LogP contribution in [-0.2, 0) is 0 Å². The summed E-state index contributed by atoms with van der Waals surface area (Å²) in [7, 11) is 4.84. The Bertz CT molecular complexity index is 1110. The van der Waals surface area contributed by atoms with Gasteiger partial charge in [-0.3, -0.25) is 0 Å². The van der Waals surface area contributed by atoms with Crippen LogP contribution in [0, 0.1) is 0 Å². The van der Waals surface area contributed by atoms with E-state index in [1.54, 1.807) is 21.3 Å². The summed E-state index contributed by atoms with van der Waals surface area (Å²) >= 11 is 7.01. The quantitative estimate of drug-likeness (QED) is 0.285. The number of nitrogens with zero attached hydrogens (tertiary/aromatic N) is 1. The molecule has 0 saturated heterocycles. The number of H-pyrrole nitrogens is 1. The van der Waals surface area contributed by atoms with E-state index in [0.29, 0.717) is 23.1 Å². The zero-order chi connectivity index (χ0) is 22.0. The molecule has 0 aliphatic carbocycles. The lowest BCUT2D eigenvalue weighted by atomic mass is 10.1. The third-order valence-electron chi connectivity index (χ3n) is 4.91. The van der Waals surface area contributed by atoms with E-state index in [2.05, 4.69) is 36.8 Å². The fourth-order valence-electron chi connectivity index (χ4n) is 3.37. The summed E-state index contributed by atoms with van der Waals surface area (Å²) in [6, 6.07) is 19.8. The highest BCUT2D eigenvalue weighted by Gasteiger charge is 2.22. The lowest BCUT2D eigenvalue weighted by molar-refractivity contribution is 0.377. The number of hydrogen-bond acceptors (Lipinski definition) is 4. The van der Waals surface area contributed by atoms with Crippen molar-refractivity contribution in [2.45, 2.75) is 0 Å². The van der Waals surface area contributed by atoms with E-state index in [-0.39, 0.29) is 0 Å². The first-order valence-electron chi connectivity index (χ1n) is 9.46. The van der Waals surface area contributed by atoms with E-state index in [4.69, 9.17) is 19.2 Å². The summed E-state index contributed by atoms with van der Waals surface area (Å²) in [6.45, 7) is 0. The number of ether oxygens (including phenoxy) is 3. The summed E-state index contributed by atoms with van der Waals surface area (Å²) in [6.07, 6.45) is 0. The van der Waals surface area contributed by atoms with Crippen LogP contribution in [0.3, 0.4) is 0 Å². The molecule has 0 aliphatic rings. The Hall–Kier alpha value is -2.77. The molecular weight excluding hydrogens is 524 g/mol. The molecule has 1 heterocycles. The molecule has 7 heteroatoms. The topological polar surface area (TPSA) is 56.4 Å². The molecule has 0 aliphatic heterocycles. The number of hydrogen-bond donors (Lipinski definition) is 1. The highest BCUT2D eigenvalue weighted by Crippen LogP contribution is 2.43. The molecule has 0 unspecified atom stereocenters. The second-order valence-corrected chi connectivity index (χ2v) is 8.56. The van der Waals surface area contributed by atoms with Crippen molar-refractivity contribution in [3.8, 4) is 51.2 Å². The molecule has 1 N–H and O–H groups in total. The van der Waals surface area contributed by atoms with Gasteiger partial charge in [-0.05, 0) is 24.3 Å². The third-order valence-corrected chi connectivity index (χ3v) is 5.96. The standard InChI is InChI=1S/C24H20Br2N2O3/c1-29-18-12-19(30-2)21(20(13-18)31-3)24-27-22(14-4-8-16(25)9-5-14)23(28-24)15-6-10-17(26)11-7-15/h4-13H,1-3H3,(H,27,28). The van der Waals surface area contributed by atoms with Gasteiger partial charge in [0.15, 0.2) is 0 Å². The first-order chi connectivity index (χ1) is 15.0. The van der Waals surface area contributed by atoms with Gasteiger partial charge < -0.3 is 19.2 Å². The summed E-state index contributed by atoms with van der Waals surface area (Å²) in [5, 5.41) is 0. The molecule has 0 radical (unpaired) electrons. The van der Waals surface area contributed by atoms with Crippen molar-refractivity contribution in [1.29, 1.82) is 0 Å². The van der Waals surface area contributed by atoms with Gasteiger partial charge in [0.25, 0.3) is 0 Å². The molecule has 5 nitrogen and oxygen atoms in total. The smallest absolute Gasteiger partial charge is 0.146 e. The van der Waals surface area contributed by atoms with E-state index in [0.717, 1.165) is 37.0 Å². The Morgan fingerprint density at radius 3 is 1.71 bits per heavy atom. The molecule has 0 bridgehead atoms. The van der Waals surface area contributed by atoms with Crippen molar-refractivity contribution in [3.05, 3.63) is 69.6 Å². The lowest BCUT2D eigenvalue weighted by Crippen LogP contribution is -1.96. The van der Waals surface area contributed by atoms with E-state index in [1.807, 2.05) is 60.7 Å². The maximum Gasteiger partial charge on any atom is 0.146 e. The van der Waals surface area contributed by atoms with Crippen LogP contribution in [-0.4, -0.2) is 31.3 Å². The summed E-state index contributed by atoms with van der Waals surface area (Å²) in [5.74, 6) is 2.50. The van der Waals surface area contributed by atoms with Gasteiger partial charge in [0.05, 0.1) is 32.7 Å². The molecular formula is C24H20Br2N2O3. The maximum atomic E-state index is 5.64. The van der Waals surface area contributed by atoms with Crippen molar-refractivity contribution >= 4 is 31.9 Å². The average Bonchev–Trinajstić information content (AvgIpc) is 3.23. The molecule has 158 valence electrons. The highest BCUT2D eigenvalue weighted by atomic mass is 79.9. The highest BCUT2D eigenvalue weighted by molar-refractivity contribution is 9.10. The number of imidazole rings is 1. The number of methoxy groups -OCH3 is 3.